The molecule has 0 aromatic heterocycles. The van der Waals surface area contributed by atoms with Gasteiger partial charge in [0, 0.05) is 21.8 Å². The highest BCUT2D eigenvalue weighted by molar-refractivity contribution is 7.85. The molecule has 0 radical (unpaired) electrons. The van der Waals surface area contributed by atoms with E-state index in [0.717, 1.165) is 18.6 Å². The van der Waals surface area contributed by atoms with Gasteiger partial charge in [0.05, 0.1) is 0 Å². The Balaban J connectivity index is 2.61. The van der Waals surface area contributed by atoms with Gasteiger partial charge in [0.25, 0.3) is 0 Å². The number of hydrogen-bond donors (Lipinski definition) is 1. The molecule has 0 aromatic rings. The lowest BCUT2D eigenvalue weighted by atomic mass is 9.69. The van der Waals surface area contributed by atoms with Crippen LogP contribution in [0.15, 0.2) is 0 Å². The second-order valence-electron chi connectivity index (χ2n) is 7.20. The van der Waals surface area contributed by atoms with Crippen LogP contribution in [0.25, 0.3) is 0 Å². The minimum atomic E-state index is -0.673. The topological polar surface area (TPSA) is 43.1 Å². The highest BCUT2D eigenvalue weighted by Gasteiger charge is 2.37. The molecule has 19 heavy (non-hydrogen) atoms. The zero-order valence-corrected chi connectivity index (χ0v) is 14.1. The fourth-order valence-electron chi connectivity index (χ4n) is 3.22. The van der Waals surface area contributed by atoms with Crippen molar-refractivity contribution < 1.29 is 4.21 Å². The molecule has 3 heteroatoms. The fourth-order valence-corrected chi connectivity index (χ4v) is 5.13. The molecule has 0 bridgehead atoms. The number of nitrogens with two attached hydrogens (primary N) is 1. The van der Waals surface area contributed by atoms with Crippen molar-refractivity contribution in [3.05, 3.63) is 0 Å². The standard InChI is InChI=1S/C16H33NOS/c1-5-6-7-10-19(18)15-11-14(16(2,3)4)9-8-13(15)12-17/h13-15H,5-12,17H2,1-4H3. The first-order valence-electron chi connectivity index (χ1n) is 7.97. The quantitative estimate of drug-likeness (QED) is 0.757. The van der Waals surface area contributed by atoms with Gasteiger partial charge < -0.3 is 5.73 Å². The summed E-state index contributed by atoms with van der Waals surface area (Å²) in [4.78, 5) is 0. The summed E-state index contributed by atoms with van der Waals surface area (Å²) in [5, 5.41) is 0.347. The Morgan fingerprint density at radius 1 is 1.21 bits per heavy atom. The number of hydrogen-bond acceptors (Lipinski definition) is 2. The Morgan fingerprint density at radius 3 is 2.42 bits per heavy atom. The Labute approximate surface area is 122 Å². The predicted molar refractivity (Wildman–Crippen MR) is 85.7 cm³/mol. The molecule has 114 valence electrons. The molecular formula is C16H33NOS. The molecule has 0 saturated heterocycles. The zero-order chi connectivity index (χ0) is 14.5. The molecule has 1 rings (SSSR count). The third kappa shape index (κ3) is 5.18. The molecule has 1 aliphatic rings. The van der Waals surface area contributed by atoms with Gasteiger partial charge in [-0.2, -0.15) is 0 Å². The van der Waals surface area contributed by atoms with E-state index in [0.29, 0.717) is 29.0 Å². The van der Waals surface area contributed by atoms with Crippen molar-refractivity contribution in [1.29, 1.82) is 0 Å². The average molecular weight is 288 g/mol. The Morgan fingerprint density at radius 2 is 1.89 bits per heavy atom. The largest absolute Gasteiger partial charge is 0.330 e. The summed E-state index contributed by atoms with van der Waals surface area (Å²) < 4.78 is 12.6. The van der Waals surface area contributed by atoms with Crippen molar-refractivity contribution in [2.45, 2.75) is 71.5 Å². The minimum absolute atomic E-state index is 0.339. The first-order valence-corrected chi connectivity index (χ1v) is 9.35. The van der Waals surface area contributed by atoms with Crippen molar-refractivity contribution in [3.8, 4) is 0 Å². The Hall–Kier alpha value is 0.110. The molecule has 1 fully saturated rings. The molecule has 0 aromatic carbocycles. The van der Waals surface area contributed by atoms with Crippen molar-refractivity contribution in [2.75, 3.05) is 12.3 Å². The summed E-state index contributed by atoms with van der Waals surface area (Å²) >= 11 is 0. The summed E-state index contributed by atoms with van der Waals surface area (Å²) in [6.07, 6.45) is 7.05. The van der Waals surface area contributed by atoms with E-state index in [1.165, 1.54) is 25.7 Å². The van der Waals surface area contributed by atoms with Gasteiger partial charge in [-0.05, 0) is 49.5 Å². The molecule has 0 aliphatic heterocycles. The van der Waals surface area contributed by atoms with Gasteiger partial charge in [-0.25, -0.2) is 0 Å². The van der Waals surface area contributed by atoms with Gasteiger partial charge >= 0.3 is 0 Å². The van der Waals surface area contributed by atoms with E-state index in [4.69, 9.17) is 5.73 Å². The Kier molecular flexibility index (Phi) is 7.02. The third-order valence-electron chi connectivity index (χ3n) is 4.74. The van der Waals surface area contributed by atoms with Gasteiger partial charge in [0.1, 0.15) is 0 Å². The predicted octanol–water partition coefficient (Wildman–Crippen LogP) is 3.72. The van der Waals surface area contributed by atoms with Crippen LogP contribution >= 0.6 is 0 Å². The van der Waals surface area contributed by atoms with E-state index in [1.54, 1.807) is 0 Å². The third-order valence-corrected chi connectivity index (χ3v) is 6.69. The van der Waals surface area contributed by atoms with Crippen molar-refractivity contribution >= 4 is 10.8 Å². The van der Waals surface area contributed by atoms with Crippen LogP contribution in [0.5, 0.6) is 0 Å². The molecular weight excluding hydrogens is 254 g/mol. The molecule has 4 unspecified atom stereocenters. The van der Waals surface area contributed by atoms with Crippen LogP contribution < -0.4 is 5.73 Å². The second-order valence-corrected chi connectivity index (χ2v) is 8.98. The maximum Gasteiger partial charge on any atom is 0.0391 e. The van der Waals surface area contributed by atoms with E-state index in [1.807, 2.05) is 0 Å². The van der Waals surface area contributed by atoms with Crippen LogP contribution in [0.4, 0.5) is 0 Å². The van der Waals surface area contributed by atoms with Gasteiger partial charge in [-0.1, -0.05) is 40.5 Å². The molecule has 1 aliphatic carbocycles. The van der Waals surface area contributed by atoms with E-state index < -0.39 is 10.8 Å². The fraction of sp³-hybridized carbons (Fsp3) is 1.00. The van der Waals surface area contributed by atoms with Crippen LogP contribution in [-0.2, 0) is 10.8 Å². The first-order chi connectivity index (χ1) is 8.90. The molecule has 0 heterocycles. The summed E-state index contributed by atoms with van der Waals surface area (Å²) in [7, 11) is -0.673. The van der Waals surface area contributed by atoms with Crippen LogP contribution in [0.3, 0.4) is 0 Å². The lowest BCUT2D eigenvalue weighted by Crippen LogP contribution is -2.41. The average Bonchev–Trinajstić information content (AvgIpc) is 2.37. The molecule has 2 nitrogen and oxygen atoms in total. The van der Waals surface area contributed by atoms with E-state index >= 15 is 0 Å². The molecule has 4 atom stereocenters. The second kappa shape index (κ2) is 7.78. The smallest absolute Gasteiger partial charge is 0.0391 e. The van der Waals surface area contributed by atoms with Crippen LogP contribution in [0.1, 0.15) is 66.2 Å². The van der Waals surface area contributed by atoms with Gasteiger partial charge in [0.15, 0.2) is 0 Å². The van der Waals surface area contributed by atoms with Crippen molar-refractivity contribution in [2.24, 2.45) is 23.0 Å². The lowest BCUT2D eigenvalue weighted by molar-refractivity contribution is 0.156. The number of unbranched alkanes of at least 4 members (excludes halogenated alkanes) is 2. The van der Waals surface area contributed by atoms with E-state index in [-0.39, 0.29) is 0 Å². The SMILES string of the molecule is CCCCCS(=O)C1CC(C(C)(C)C)CCC1CN. The first kappa shape index (κ1) is 17.2. The highest BCUT2D eigenvalue weighted by atomic mass is 32.2. The van der Waals surface area contributed by atoms with Crippen molar-refractivity contribution in [3.63, 3.8) is 0 Å². The Bertz CT molecular complexity index is 285. The normalized spacial score (nSPS) is 30.3. The van der Waals surface area contributed by atoms with Gasteiger partial charge in [0.2, 0.25) is 0 Å². The van der Waals surface area contributed by atoms with Crippen molar-refractivity contribution in [1.82, 2.24) is 0 Å². The maximum atomic E-state index is 12.6. The zero-order valence-electron chi connectivity index (χ0n) is 13.3. The summed E-state index contributed by atoms with van der Waals surface area (Å²) in [6.45, 7) is 9.86. The highest BCUT2D eigenvalue weighted by Crippen LogP contribution is 2.41. The molecule has 2 N–H and O–H groups in total. The monoisotopic (exact) mass is 287 g/mol. The molecule has 0 amide bonds. The van der Waals surface area contributed by atoms with Gasteiger partial charge in [-0.15, -0.1) is 0 Å². The van der Waals surface area contributed by atoms with Crippen LogP contribution in [0.2, 0.25) is 0 Å². The summed E-state index contributed by atoms with van der Waals surface area (Å²) in [6, 6.07) is 0. The minimum Gasteiger partial charge on any atom is -0.330 e. The number of rotatable bonds is 6. The molecule has 0 spiro atoms. The van der Waals surface area contributed by atoms with Gasteiger partial charge in [-0.3, -0.25) is 4.21 Å². The lowest BCUT2D eigenvalue weighted by Gasteiger charge is -2.41. The molecule has 1 saturated carbocycles. The maximum absolute atomic E-state index is 12.6. The van der Waals surface area contributed by atoms with Crippen LogP contribution in [-0.4, -0.2) is 21.8 Å². The van der Waals surface area contributed by atoms with E-state index in [9.17, 15) is 4.21 Å². The summed E-state index contributed by atoms with van der Waals surface area (Å²) in [5.41, 5.74) is 6.25. The van der Waals surface area contributed by atoms with E-state index in [2.05, 4.69) is 27.7 Å². The van der Waals surface area contributed by atoms with Crippen LogP contribution in [0, 0.1) is 17.3 Å². The summed E-state index contributed by atoms with van der Waals surface area (Å²) in [5.74, 6) is 2.07.